The molecule has 0 unspecified atom stereocenters. The number of benzene rings is 1. The minimum absolute atomic E-state index is 0.0842. The number of aromatic nitrogens is 2. The van der Waals surface area contributed by atoms with E-state index in [1.54, 1.807) is 23.4 Å². The van der Waals surface area contributed by atoms with Crippen molar-refractivity contribution in [1.82, 2.24) is 14.9 Å². The predicted molar refractivity (Wildman–Crippen MR) is 83.0 cm³/mol. The van der Waals surface area contributed by atoms with Crippen molar-refractivity contribution in [3.05, 3.63) is 53.9 Å². The first kappa shape index (κ1) is 17.2. The molecule has 2 heterocycles. The second-order valence-corrected chi connectivity index (χ2v) is 5.72. The molecule has 2 aromatic rings. The third kappa shape index (κ3) is 4.26. The normalized spacial score (nSPS) is 15.9. The number of nitrogens with zero attached hydrogens (tertiary/aromatic N) is 3. The Morgan fingerprint density at radius 2 is 1.68 bits per heavy atom. The molecule has 0 bridgehead atoms. The number of piperidine rings is 1. The van der Waals surface area contributed by atoms with Crippen molar-refractivity contribution in [2.24, 2.45) is 0 Å². The topological polar surface area (TPSA) is 55.3 Å². The van der Waals surface area contributed by atoms with Gasteiger partial charge < -0.3 is 9.64 Å². The molecule has 5 nitrogen and oxygen atoms in total. The van der Waals surface area contributed by atoms with Crippen LogP contribution in [-0.4, -0.2) is 40.0 Å². The standard InChI is InChI=1S/C17H16F3N3O2/c18-17(19,20)13-4-2-12(3-5-13)15(24)23-10-6-14(7-11-23)25-16-21-8-1-9-22-16/h1-5,8-9,14H,6-7,10-11H2. The van der Waals surface area contributed by atoms with E-state index in [1.807, 2.05) is 0 Å². The fraction of sp³-hybridized carbons (Fsp3) is 0.353. The molecule has 1 fully saturated rings. The zero-order valence-electron chi connectivity index (χ0n) is 13.2. The molecule has 1 aliphatic rings. The minimum Gasteiger partial charge on any atom is -0.460 e. The minimum atomic E-state index is -4.41. The number of hydrogen-bond acceptors (Lipinski definition) is 4. The van der Waals surface area contributed by atoms with Crippen LogP contribution >= 0.6 is 0 Å². The van der Waals surface area contributed by atoms with Crippen molar-refractivity contribution < 1.29 is 22.7 Å². The van der Waals surface area contributed by atoms with Crippen LogP contribution < -0.4 is 4.74 Å². The van der Waals surface area contributed by atoms with E-state index < -0.39 is 11.7 Å². The average molecular weight is 351 g/mol. The van der Waals surface area contributed by atoms with Gasteiger partial charge in [-0.2, -0.15) is 13.2 Å². The predicted octanol–water partition coefficient (Wildman–Crippen LogP) is 3.18. The van der Waals surface area contributed by atoms with Gasteiger partial charge >= 0.3 is 12.2 Å². The molecule has 1 aromatic carbocycles. The van der Waals surface area contributed by atoms with Crippen LogP contribution in [0.25, 0.3) is 0 Å². The molecule has 8 heteroatoms. The van der Waals surface area contributed by atoms with Crippen molar-refractivity contribution in [2.75, 3.05) is 13.1 Å². The van der Waals surface area contributed by atoms with Crippen LogP contribution in [0.5, 0.6) is 6.01 Å². The van der Waals surface area contributed by atoms with Gasteiger partial charge in [0.25, 0.3) is 5.91 Å². The molecule has 0 spiro atoms. The first-order valence-corrected chi connectivity index (χ1v) is 7.84. The smallest absolute Gasteiger partial charge is 0.416 e. The summed E-state index contributed by atoms with van der Waals surface area (Å²) in [5, 5.41) is 0. The van der Waals surface area contributed by atoms with E-state index in [0.29, 0.717) is 31.9 Å². The average Bonchev–Trinajstić information content (AvgIpc) is 2.62. The summed E-state index contributed by atoms with van der Waals surface area (Å²) < 4.78 is 43.4. The van der Waals surface area contributed by atoms with E-state index in [-0.39, 0.29) is 17.6 Å². The Labute approximate surface area is 142 Å². The Balaban J connectivity index is 1.56. The molecule has 132 valence electrons. The number of rotatable bonds is 3. The number of alkyl halides is 3. The molecule has 1 saturated heterocycles. The number of halogens is 3. The number of ether oxygens (including phenoxy) is 1. The molecule has 0 radical (unpaired) electrons. The second kappa shape index (κ2) is 7.08. The molecule has 0 N–H and O–H groups in total. The van der Waals surface area contributed by atoms with Gasteiger partial charge in [-0.25, -0.2) is 9.97 Å². The maximum absolute atomic E-state index is 12.6. The van der Waals surface area contributed by atoms with Crippen LogP contribution in [0.4, 0.5) is 13.2 Å². The lowest BCUT2D eigenvalue weighted by Gasteiger charge is -2.31. The maximum atomic E-state index is 12.6. The van der Waals surface area contributed by atoms with Crippen LogP contribution in [0.2, 0.25) is 0 Å². The Bertz CT molecular complexity index is 712. The van der Waals surface area contributed by atoms with Crippen LogP contribution in [0.3, 0.4) is 0 Å². The van der Waals surface area contributed by atoms with Gasteiger partial charge in [0.05, 0.1) is 5.56 Å². The largest absolute Gasteiger partial charge is 0.460 e. The molecule has 1 aromatic heterocycles. The second-order valence-electron chi connectivity index (χ2n) is 5.72. The van der Waals surface area contributed by atoms with Gasteiger partial charge in [-0.1, -0.05) is 0 Å². The van der Waals surface area contributed by atoms with Gasteiger partial charge in [-0.15, -0.1) is 0 Å². The van der Waals surface area contributed by atoms with Gasteiger partial charge in [0.15, 0.2) is 0 Å². The lowest BCUT2D eigenvalue weighted by atomic mass is 10.1. The summed E-state index contributed by atoms with van der Waals surface area (Å²) in [7, 11) is 0. The van der Waals surface area contributed by atoms with Crippen molar-refractivity contribution in [2.45, 2.75) is 25.1 Å². The fourth-order valence-corrected chi connectivity index (χ4v) is 2.66. The quantitative estimate of drug-likeness (QED) is 0.852. The van der Waals surface area contributed by atoms with Gasteiger partial charge in [-0.3, -0.25) is 4.79 Å². The lowest BCUT2D eigenvalue weighted by Crippen LogP contribution is -2.41. The van der Waals surface area contributed by atoms with Crippen LogP contribution in [0.1, 0.15) is 28.8 Å². The highest BCUT2D eigenvalue weighted by Gasteiger charge is 2.31. The van der Waals surface area contributed by atoms with Crippen molar-refractivity contribution >= 4 is 5.91 Å². The van der Waals surface area contributed by atoms with Crippen molar-refractivity contribution in [3.8, 4) is 6.01 Å². The third-order valence-corrected chi connectivity index (χ3v) is 4.00. The molecule has 0 atom stereocenters. The van der Waals surface area contributed by atoms with Crippen molar-refractivity contribution in [3.63, 3.8) is 0 Å². The van der Waals surface area contributed by atoms with E-state index >= 15 is 0 Å². The SMILES string of the molecule is O=C(c1ccc(C(F)(F)F)cc1)N1CCC(Oc2ncccn2)CC1. The number of likely N-dealkylation sites (tertiary alicyclic amines) is 1. The summed E-state index contributed by atoms with van der Waals surface area (Å²) in [6, 6.07) is 6.27. The van der Waals surface area contributed by atoms with E-state index in [0.717, 1.165) is 12.1 Å². The maximum Gasteiger partial charge on any atom is 0.416 e. The van der Waals surface area contributed by atoms with E-state index in [4.69, 9.17) is 4.74 Å². The highest BCUT2D eigenvalue weighted by Crippen LogP contribution is 2.29. The zero-order chi connectivity index (χ0) is 17.9. The summed E-state index contributed by atoms with van der Waals surface area (Å²) in [5.41, 5.74) is -0.516. The first-order chi connectivity index (χ1) is 11.9. The van der Waals surface area contributed by atoms with Crippen LogP contribution in [0.15, 0.2) is 42.7 Å². The Kier molecular flexibility index (Phi) is 4.87. The first-order valence-electron chi connectivity index (χ1n) is 7.84. The highest BCUT2D eigenvalue weighted by atomic mass is 19.4. The van der Waals surface area contributed by atoms with E-state index in [9.17, 15) is 18.0 Å². The summed E-state index contributed by atoms with van der Waals surface area (Å²) in [6.07, 6.45) is -0.0810. The third-order valence-electron chi connectivity index (χ3n) is 4.00. The lowest BCUT2D eigenvalue weighted by molar-refractivity contribution is -0.137. The molecule has 1 aliphatic heterocycles. The van der Waals surface area contributed by atoms with Gasteiger partial charge in [0.1, 0.15) is 6.10 Å². The Morgan fingerprint density at radius 3 is 2.24 bits per heavy atom. The van der Waals surface area contributed by atoms with E-state index in [2.05, 4.69) is 9.97 Å². The van der Waals surface area contributed by atoms with E-state index in [1.165, 1.54) is 12.1 Å². The molecule has 0 saturated carbocycles. The summed E-state index contributed by atoms with van der Waals surface area (Å²) in [4.78, 5) is 22.0. The fourth-order valence-electron chi connectivity index (χ4n) is 2.66. The van der Waals surface area contributed by atoms with Gasteiger partial charge in [-0.05, 0) is 30.3 Å². The van der Waals surface area contributed by atoms with Crippen LogP contribution in [-0.2, 0) is 6.18 Å². The molecular weight excluding hydrogens is 335 g/mol. The zero-order valence-corrected chi connectivity index (χ0v) is 13.2. The van der Waals surface area contributed by atoms with Crippen LogP contribution in [0, 0.1) is 0 Å². The van der Waals surface area contributed by atoms with Crippen molar-refractivity contribution in [1.29, 1.82) is 0 Å². The number of hydrogen-bond donors (Lipinski definition) is 0. The summed E-state index contributed by atoms with van der Waals surface area (Å²) in [5.74, 6) is -0.275. The molecular formula is C17H16F3N3O2. The number of carbonyl (C=O) groups excluding carboxylic acids is 1. The number of carbonyl (C=O) groups is 1. The number of amides is 1. The Morgan fingerprint density at radius 1 is 1.08 bits per heavy atom. The summed E-state index contributed by atoms with van der Waals surface area (Å²) >= 11 is 0. The monoisotopic (exact) mass is 351 g/mol. The molecule has 3 rings (SSSR count). The van der Waals surface area contributed by atoms with Gasteiger partial charge in [0, 0.05) is 43.9 Å². The van der Waals surface area contributed by atoms with Gasteiger partial charge in [0.2, 0.25) is 0 Å². The Hall–Kier alpha value is -2.64. The highest BCUT2D eigenvalue weighted by molar-refractivity contribution is 5.94. The molecule has 0 aliphatic carbocycles. The summed E-state index contributed by atoms with van der Waals surface area (Å²) in [6.45, 7) is 0.939. The molecule has 1 amide bonds. The molecule has 25 heavy (non-hydrogen) atoms.